The summed E-state index contributed by atoms with van der Waals surface area (Å²) in [6.45, 7) is 0.154. The number of hydrogen-bond acceptors (Lipinski definition) is 5. The second-order valence-electron chi connectivity index (χ2n) is 4.33. The topological polar surface area (TPSA) is 65.5 Å². The molecule has 3 rings (SSSR count). The number of carbonyl (C=O) groups is 2. The Balaban J connectivity index is 1.75. The zero-order valence-electron chi connectivity index (χ0n) is 10.5. The maximum Gasteiger partial charge on any atom is 0.231 e. The Morgan fingerprint density at radius 1 is 1.05 bits per heavy atom. The molecule has 0 spiro atoms. The Morgan fingerprint density at radius 2 is 1.85 bits per heavy atom. The molecular formula is C15H11NO4. The summed E-state index contributed by atoms with van der Waals surface area (Å²) in [5.74, 6) is 0.641. The number of rotatable bonds is 4. The summed E-state index contributed by atoms with van der Waals surface area (Å²) in [5.41, 5.74) is 0.869. The van der Waals surface area contributed by atoms with E-state index in [1.807, 2.05) is 0 Å². The fourth-order valence-electron chi connectivity index (χ4n) is 1.95. The fraction of sp³-hybridized carbons (Fsp3) is 0.133. The van der Waals surface area contributed by atoms with E-state index in [1.54, 1.807) is 36.5 Å². The van der Waals surface area contributed by atoms with Gasteiger partial charge in [0.25, 0.3) is 0 Å². The lowest BCUT2D eigenvalue weighted by atomic mass is 10.0. The Labute approximate surface area is 115 Å². The summed E-state index contributed by atoms with van der Waals surface area (Å²) in [4.78, 5) is 27.9. The highest BCUT2D eigenvalue weighted by Gasteiger charge is 2.18. The minimum atomic E-state index is -0.253. The van der Waals surface area contributed by atoms with Crippen LogP contribution in [-0.2, 0) is 0 Å². The van der Waals surface area contributed by atoms with E-state index >= 15 is 0 Å². The van der Waals surface area contributed by atoms with Crippen molar-refractivity contribution in [3.8, 4) is 11.5 Å². The predicted molar refractivity (Wildman–Crippen MR) is 70.1 cm³/mol. The molecule has 1 aromatic heterocycles. The smallest absolute Gasteiger partial charge is 0.231 e. The molecule has 20 heavy (non-hydrogen) atoms. The molecule has 2 heterocycles. The number of benzene rings is 1. The molecule has 0 atom stereocenters. The zero-order valence-corrected chi connectivity index (χ0v) is 10.5. The highest BCUT2D eigenvalue weighted by atomic mass is 16.7. The second kappa shape index (κ2) is 5.13. The minimum absolute atomic E-state index is 0.154. The zero-order chi connectivity index (χ0) is 13.9. The minimum Gasteiger partial charge on any atom is -0.454 e. The van der Waals surface area contributed by atoms with Crippen LogP contribution in [0.3, 0.4) is 0 Å². The number of fused-ring (bicyclic) bond motifs is 1. The van der Waals surface area contributed by atoms with Crippen molar-refractivity contribution in [1.82, 2.24) is 4.98 Å². The number of Topliss-reactive ketones (excluding diaryl/α,β-unsaturated/α-hetero) is 2. The normalized spacial score (nSPS) is 12.2. The number of aromatic nitrogens is 1. The number of nitrogens with zero attached hydrogens (tertiary/aromatic N) is 1. The predicted octanol–water partition coefficient (Wildman–Crippen LogP) is 2.27. The monoisotopic (exact) mass is 269 g/mol. The van der Waals surface area contributed by atoms with Crippen LogP contribution >= 0.6 is 0 Å². The van der Waals surface area contributed by atoms with Crippen LogP contribution < -0.4 is 9.47 Å². The van der Waals surface area contributed by atoms with Gasteiger partial charge in [-0.2, -0.15) is 0 Å². The van der Waals surface area contributed by atoms with Crippen LogP contribution in [0.25, 0.3) is 0 Å². The second-order valence-corrected chi connectivity index (χ2v) is 4.33. The molecule has 0 aliphatic carbocycles. The van der Waals surface area contributed by atoms with Gasteiger partial charge in [-0.1, -0.05) is 0 Å². The number of carbonyl (C=O) groups excluding carboxylic acids is 2. The highest BCUT2D eigenvalue weighted by Crippen LogP contribution is 2.32. The summed E-state index contributed by atoms with van der Waals surface area (Å²) in [6, 6.07) is 8.21. The fourth-order valence-corrected chi connectivity index (χ4v) is 1.95. The molecule has 0 radical (unpaired) electrons. The van der Waals surface area contributed by atoms with Crippen molar-refractivity contribution in [2.24, 2.45) is 0 Å². The summed E-state index contributed by atoms with van der Waals surface area (Å²) < 4.78 is 10.4. The van der Waals surface area contributed by atoms with Crippen LogP contribution in [0, 0.1) is 0 Å². The van der Waals surface area contributed by atoms with Crippen LogP contribution in [0.2, 0.25) is 0 Å². The number of ketones is 2. The van der Waals surface area contributed by atoms with Gasteiger partial charge in [-0.15, -0.1) is 0 Å². The molecule has 0 fully saturated rings. The first-order valence-electron chi connectivity index (χ1n) is 6.10. The lowest BCUT2D eigenvalue weighted by Crippen LogP contribution is -2.08. The summed E-state index contributed by atoms with van der Waals surface area (Å²) in [6.07, 6.45) is 2.84. The number of ether oxygens (including phenoxy) is 2. The Hall–Kier alpha value is -2.69. The molecule has 0 saturated carbocycles. The average Bonchev–Trinajstić information content (AvgIpc) is 2.95. The van der Waals surface area contributed by atoms with Crippen molar-refractivity contribution in [3.05, 3.63) is 53.9 Å². The van der Waals surface area contributed by atoms with Gasteiger partial charge >= 0.3 is 0 Å². The van der Waals surface area contributed by atoms with Gasteiger partial charge in [-0.3, -0.25) is 14.6 Å². The van der Waals surface area contributed by atoms with Crippen LogP contribution in [0.1, 0.15) is 27.1 Å². The number of pyridine rings is 1. The molecule has 0 saturated heterocycles. The molecule has 5 nitrogen and oxygen atoms in total. The molecular weight excluding hydrogens is 258 g/mol. The van der Waals surface area contributed by atoms with E-state index in [2.05, 4.69) is 4.98 Å². The lowest BCUT2D eigenvalue weighted by molar-refractivity contribution is 0.0893. The largest absolute Gasteiger partial charge is 0.454 e. The van der Waals surface area contributed by atoms with Crippen LogP contribution in [0.4, 0.5) is 0 Å². The molecule has 5 heteroatoms. The van der Waals surface area contributed by atoms with Gasteiger partial charge < -0.3 is 9.47 Å². The molecule has 0 amide bonds. The van der Waals surface area contributed by atoms with E-state index in [1.165, 1.54) is 6.20 Å². The van der Waals surface area contributed by atoms with Gasteiger partial charge in [0.05, 0.1) is 6.42 Å². The van der Waals surface area contributed by atoms with Gasteiger partial charge in [0.1, 0.15) is 0 Å². The Morgan fingerprint density at radius 3 is 2.65 bits per heavy atom. The van der Waals surface area contributed by atoms with E-state index in [0.717, 1.165) is 0 Å². The third kappa shape index (κ3) is 2.38. The third-order valence-electron chi connectivity index (χ3n) is 3.00. The van der Waals surface area contributed by atoms with Crippen molar-refractivity contribution in [3.63, 3.8) is 0 Å². The first-order chi connectivity index (χ1) is 9.74. The van der Waals surface area contributed by atoms with Crippen LogP contribution in [0.15, 0.2) is 42.7 Å². The molecule has 1 aliphatic heterocycles. The van der Waals surface area contributed by atoms with Crippen molar-refractivity contribution in [1.29, 1.82) is 0 Å². The van der Waals surface area contributed by atoms with Gasteiger partial charge in [0.15, 0.2) is 23.1 Å². The van der Waals surface area contributed by atoms with E-state index in [9.17, 15) is 9.59 Å². The molecule has 1 aromatic carbocycles. The molecule has 0 N–H and O–H groups in total. The van der Waals surface area contributed by atoms with Crippen LogP contribution in [-0.4, -0.2) is 23.3 Å². The first kappa shape index (κ1) is 12.3. The third-order valence-corrected chi connectivity index (χ3v) is 3.00. The Kier molecular flexibility index (Phi) is 3.16. The SMILES string of the molecule is O=C(CC(=O)c1ccc2c(c1)OCO2)c1cccnc1. The number of hydrogen-bond donors (Lipinski definition) is 0. The van der Waals surface area contributed by atoms with Crippen molar-refractivity contribution >= 4 is 11.6 Å². The molecule has 0 unspecified atom stereocenters. The van der Waals surface area contributed by atoms with Gasteiger partial charge in [0, 0.05) is 23.5 Å². The van der Waals surface area contributed by atoms with Crippen LogP contribution in [0.5, 0.6) is 11.5 Å². The highest BCUT2D eigenvalue weighted by molar-refractivity contribution is 6.13. The quantitative estimate of drug-likeness (QED) is 0.629. The van der Waals surface area contributed by atoms with E-state index in [4.69, 9.17) is 9.47 Å². The molecule has 100 valence electrons. The standard InChI is InChI=1S/C15H11NO4/c17-12(7-13(18)11-2-1-5-16-8-11)10-3-4-14-15(6-10)20-9-19-14/h1-6,8H,7,9H2. The first-order valence-corrected chi connectivity index (χ1v) is 6.10. The average molecular weight is 269 g/mol. The van der Waals surface area contributed by atoms with Gasteiger partial charge in [-0.25, -0.2) is 0 Å². The summed E-state index contributed by atoms with van der Waals surface area (Å²) in [5, 5.41) is 0. The van der Waals surface area contributed by atoms with Gasteiger partial charge in [-0.05, 0) is 30.3 Å². The molecule has 1 aliphatic rings. The molecule has 2 aromatic rings. The van der Waals surface area contributed by atoms with Gasteiger partial charge in [0.2, 0.25) is 6.79 Å². The lowest BCUT2D eigenvalue weighted by Gasteiger charge is -2.02. The summed E-state index contributed by atoms with van der Waals surface area (Å²) in [7, 11) is 0. The maximum absolute atomic E-state index is 12.1. The maximum atomic E-state index is 12.1. The van der Waals surface area contributed by atoms with Crippen molar-refractivity contribution in [2.75, 3.05) is 6.79 Å². The van der Waals surface area contributed by atoms with E-state index in [-0.39, 0.29) is 24.8 Å². The van der Waals surface area contributed by atoms with E-state index in [0.29, 0.717) is 22.6 Å². The van der Waals surface area contributed by atoms with Crippen molar-refractivity contribution in [2.45, 2.75) is 6.42 Å². The molecule has 0 bridgehead atoms. The summed E-state index contributed by atoms with van der Waals surface area (Å²) >= 11 is 0. The van der Waals surface area contributed by atoms with Crippen molar-refractivity contribution < 1.29 is 19.1 Å². The van der Waals surface area contributed by atoms with E-state index < -0.39 is 0 Å². The Bertz CT molecular complexity index is 667.